The summed E-state index contributed by atoms with van der Waals surface area (Å²) >= 11 is 0.680. The van der Waals surface area contributed by atoms with E-state index >= 15 is 0 Å². The summed E-state index contributed by atoms with van der Waals surface area (Å²) in [5.41, 5.74) is 3.44. The molecule has 0 heterocycles. The van der Waals surface area contributed by atoms with Crippen LogP contribution in [-0.4, -0.2) is 95.7 Å². The summed E-state index contributed by atoms with van der Waals surface area (Å²) in [6, 6.07) is 15.3. The van der Waals surface area contributed by atoms with Gasteiger partial charge in [-0.15, -0.1) is 0 Å². The number of carbonyl (C=O) groups is 5. The lowest BCUT2D eigenvalue weighted by atomic mass is 9.99. The van der Waals surface area contributed by atoms with Crippen molar-refractivity contribution in [3.05, 3.63) is 59.7 Å². The minimum atomic E-state index is -1.14. The number of amides is 5. The van der Waals surface area contributed by atoms with E-state index < -0.39 is 60.1 Å². The summed E-state index contributed by atoms with van der Waals surface area (Å²) in [7, 11) is 0. The molecule has 0 aliphatic heterocycles. The molecule has 13 nitrogen and oxygen atoms in total. The lowest BCUT2D eigenvalue weighted by Crippen LogP contribution is -2.53. The standard InChI is InChI=1S/C34H47N5O8S/c1-33(2,3)46-19-26(39-32(45)47-34(4,5)6)31(44)38-17-29(42)36-15-27(40)35-16-28(41)37-18-30(43)48-20-25-23-13-9-7-11-21(23)22-12-8-10-14-24(22)25/h7-14,25-26,43,48H,15-20H2,1-6H3,(H,35,40)(H,36,42)(H,37,41)(H,38,44)(H,39,45)/t26-/m0/s1. The molecule has 1 atom stereocenters. The molecule has 0 saturated heterocycles. The molecule has 262 valence electrons. The Morgan fingerprint density at radius 2 is 1.21 bits per heavy atom. The normalized spacial score (nSPS) is 13.6. The molecule has 1 aliphatic rings. The largest absolute Gasteiger partial charge is 0.444 e. The Hall–Kier alpha value is -4.27. The number of aliphatic hydroxyl groups excluding tert-OH is 1. The number of nitrogens with one attached hydrogen (secondary N) is 5. The van der Waals surface area contributed by atoms with Crippen molar-refractivity contribution < 1.29 is 38.6 Å². The number of thiol groups is 1. The van der Waals surface area contributed by atoms with Crippen molar-refractivity contribution in [1.29, 1.82) is 0 Å². The molecular weight excluding hydrogens is 638 g/mol. The molecule has 0 unspecified atom stereocenters. The van der Waals surface area contributed by atoms with E-state index in [1.54, 1.807) is 41.5 Å². The van der Waals surface area contributed by atoms with E-state index in [0.29, 0.717) is 17.1 Å². The van der Waals surface area contributed by atoms with Crippen molar-refractivity contribution in [2.45, 2.75) is 64.7 Å². The molecule has 48 heavy (non-hydrogen) atoms. The number of hydrogen-bond donors (Lipinski definition) is 7. The van der Waals surface area contributed by atoms with Gasteiger partial charge in [0.25, 0.3) is 0 Å². The van der Waals surface area contributed by atoms with Gasteiger partial charge in [0.1, 0.15) is 11.6 Å². The van der Waals surface area contributed by atoms with E-state index in [1.807, 2.05) is 24.3 Å². The minimum Gasteiger partial charge on any atom is -0.444 e. The Bertz CT molecular complexity index is 1470. The maximum Gasteiger partial charge on any atom is 0.408 e. The SMILES string of the molecule is CC(C)(C)OC[C@H](NC(=O)OC(C)(C)C)C(=O)NCC(=O)NCC(=O)NCC(=O)NCC(O)=[SH]CC1c2ccccc2-c2ccccc21. The molecule has 0 saturated carbocycles. The number of benzene rings is 2. The van der Waals surface area contributed by atoms with E-state index in [2.05, 4.69) is 50.8 Å². The highest BCUT2D eigenvalue weighted by atomic mass is 32.1. The third-order valence-corrected chi connectivity index (χ3v) is 7.94. The Morgan fingerprint density at radius 1 is 0.729 bits per heavy atom. The number of aliphatic hydroxyl groups is 1. The van der Waals surface area contributed by atoms with Gasteiger partial charge in [-0.05, 0) is 69.5 Å². The smallest absolute Gasteiger partial charge is 0.408 e. The Kier molecular flexibility index (Phi) is 13.7. The zero-order valence-corrected chi connectivity index (χ0v) is 29.2. The average Bonchev–Trinajstić information content (AvgIpc) is 3.33. The van der Waals surface area contributed by atoms with Gasteiger partial charge < -0.3 is 41.2 Å². The quantitative estimate of drug-likeness (QED) is 0.117. The molecular formula is C34H47N5O8S. The molecule has 0 radical (unpaired) electrons. The van der Waals surface area contributed by atoms with Gasteiger partial charge >= 0.3 is 6.09 Å². The van der Waals surface area contributed by atoms with Gasteiger partial charge in [-0.2, -0.15) is 11.4 Å². The number of alkyl carbamates (subject to hydrolysis) is 1. The summed E-state index contributed by atoms with van der Waals surface area (Å²) < 4.78 is 10.8. The summed E-state index contributed by atoms with van der Waals surface area (Å²) in [5, 5.41) is 22.7. The monoisotopic (exact) mass is 685 g/mol. The maximum atomic E-state index is 12.7. The van der Waals surface area contributed by atoms with Crippen LogP contribution in [0.4, 0.5) is 4.79 Å². The second kappa shape index (κ2) is 17.2. The molecule has 0 spiro atoms. The lowest BCUT2D eigenvalue weighted by Gasteiger charge is -2.26. The fraction of sp³-hybridized carbons (Fsp3) is 0.471. The highest BCUT2D eigenvalue weighted by molar-refractivity contribution is 7.98. The molecule has 14 heteroatoms. The highest BCUT2D eigenvalue weighted by Crippen LogP contribution is 2.45. The molecule has 1 aliphatic carbocycles. The number of carbonyl (C=O) groups excluding carboxylic acids is 5. The number of ether oxygens (including phenoxy) is 2. The number of rotatable bonds is 14. The summed E-state index contributed by atoms with van der Waals surface area (Å²) in [5.74, 6) is -1.70. The van der Waals surface area contributed by atoms with Gasteiger partial charge in [0.05, 0.1) is 43.4 Å². The lowest BCUT2D eigenvalue weighted by molar-refractivity contribution is -0.130. The van der Waals surface area contributed by atoms with Crippen LogP contribution >= 0.6 is 11.4 Å². The maximum absolute atomic E-state index is 12.7. The van der Waals surface area contributed by atoms with Gasteiger partial charge in [0, 0.05) is 5.92 Å². The first-order chi connectivity index (χ1) is 22.5. The number of hydrogen-bond acceptors (Lipinski definition) is 7. The van der Waals surface area contributed by atoms with E-state index in [1.165, 1.54) is 22.3 Å². The second-order valence-electron chi connectivity index (χ2n) is 13.2. The molecule has 2 aromatic carbocycles. The Labute approximate surface area is 284 Å². The van der Waals surface area contributed by atoms with E-state index in [0.717, 1.165) is 0 Å². The third-order valence-electron chi connectivity index (χ3n) is 6.87. The van der Waals surface area contributed by atoms with Gasteiger partial charge in [-0.1, -0.05) is 48.5 Å². The molecule has 5 amide bonds. The molecule has 3 rings (SSSR count). The van der Waals surface area contributed by atoms with Crippen LogP contribution in [0.5, 0.6) is 0 Å². The molecule has 0 fully saturated rings. The number of fused-ring (bicyclic) bond motifs is 3. The van der Waals surface area contributed by atoms with Crippen LogP contribution in [-0.2, 0) is 28.7 Å². The van der Waals surface area contributed by atoms with Crippen LogP contribution in [0.2, 0.25) is 0 Å². The van der Waals surface area contributed by atoms with E-state index in [4.69, 9.17) is 9.47 Å². The topological polar surface area (TPSA) is 184 Å². The molecule has 0 aromatic heterocycles. The minimum absolute atomic E-state index is 0.0622. The van der Waals surface area contributed by atoms with E-state index in [-0.39, 0.29) is 30.7 Å². The van der Waals surface area contributed by atoms with Crippen molar-refractivity contribution in [1.82, 2.24) is 26.6 Å². The molecule has 2 aromatic rings. The zero-order valence-electron chi connectivity index (χ0n) is 28.3. The van der Waals surface area contributed by atoms with Crippen LogP contribution in [0.1, 0.15) is 58.6 Å². The van der Waals surface area contributed by atoms with Crippen LogP contribution in [0.15, 0.2) is 48.5 Å². The van der Waals surface area contributed by atoms with Crippen LogP contribution in [0.25, 0.3) is 11.1 Å². The fourth-order valence-electron chi connectivity index (χ4n) is 4.69. The van der Waals surface area contributed by atoms with E-state index in [9.17, 15) is 29.1 Å². The van der Waals surface area contributed by atoms with Crippen molar-refractivity contribution in [2.75, 3.05) is 38.5 Å². The molecule has 0 bridgehead atoms. The van der Waals surface area contributed by atoms with Crippen molar-refractivity contribution in [3.8, 4) is 11.1 Å². The Balaban J connectivity index is 1.36. The van der Waals surface area contributed by atoms with Crippen molar-refractivity contribution >= 4 is 46.1 Å². The zero-order chi connectivity index (χ0) is 35.5. The van der Waals surface area contributed by atoms with Crippen molar-refractivity contribution in [3.63, 3.8) is 0 Å². The van der Waals surface area contributed by atoms with Gasteiger partial charge in [0.15, 0.2) is 0 Å². The average molecular weight is 686 g/mol. The summed E-state index contributed by atoms with van der Waals surface area (Å²) in [6.45, 7) is 8.92. The van der Waals surface area contributed by atoms with Crippen LogP contribution in [0.3, 0.4) is 0 Å². The first-order valence-electron chi connectivity index (χ1n) is 15.6. The highest BCUT2D eigenvalue weighted by Gasteiger charge is 2.28. The summed E-state index contributed by atoms with van der Waals surface area (Å²) in [4.78, 5) is 61.6. The third kappa shape index (κ3) is 12.7. The predicted molar refractivity (Wildman–Crippen MR) is 186 cm³/mol. The molecule has 6 N–H and O–H groups in total. The summed E-state index contributed by atoms with van der Waals surface area (Å²) in [6.07, 6.45) is -0.820. The predicted octanol–water partition coefficient (Wildman–Crippen LogP) is 2.13. The Morgan fingerprint density at radius 3 is 1.71 bits per heavy atom. The fourth-order valence-corrected chi connectivity index (χ4v) is 5.67. The first kappa shape index (κ1) is 38.2. The first-order valence-corrected chi connectivity index (χ1v) is 16.7. The van der Waals surface area contributed by atoms with Crippen LogP contribution < -0.4 is 26.6 Å². The second-order valence-corrected chi connectivity index (χ2v) is 14.4. The van der Waals surface area contributed by atoms with Gasteiger partial charge in [0.2, 0.25) is 23.6 Å². The van der Waals surface area contributed by atoms with Gasteiger partial charge in [-0.3, -0.25) is 19.2 Å². The van der Waals surface area contributed by atoms with Gasteiger partial charge in [-0.25, -0.2) is 4.79 Å². The van der Waals surface area contributed by atoms with Crippen molar-refractivity contribution in [2.24, 2.45) is 0 Å². The van der Waals surface area contributed by atoms with Crippen LogP contribution in [0, 0.1) is 0 Å².